The number of hydrogen-bond acceptors (Lipinski definition) is 3. The van der Waals surface area contributed by atoms with Crippen molar-refractivity contribution < 1.29 is 9.84 Å². The van der Waals surface area contributed by atoms with Gasteiger partial charge in [-0.1, -0.05) is 48.5 Å². The van der Waals surface area contributed by atoms with E-state index in [0.29, 0.717) is 13.2 Å². The van der Waals surface area contributed by atoms with Gasteiger partial charge in [-0.2, -0.15) is 0 Å². The molecule has 2 rings (SSSR count). The second-order valence-electron chi connectivity index (χ2n) is 6.23. The zero-order valence-corrected chi connectivity index (χ0v) is 16.3. The van der Waals surface area contributed by atoms with Crippen LogP contribution in [0.1, 0.15) is 30.9 Å². The second kappa shape index (κ2) is 12.0. The summed E-state index contributed by atoms with van der Waals surface area (Å²) in [5.74, 6) is 1.70. The van der Waals surface area contributed by atoms with Crippen molar-refractivity contribution in [1.82, 2.24) is 10.6 Å². The Hall–Kier alpha value is -2.53. The Labute approximate surface area is 162 Å². The highest BCUT2D eigenvalue weighted by Crippen LogP contribution is 2.18. The number of nitrogens with one attached hydrogen (secondary N) is 2. The third kappa shape index (κ3) is 6.94. The number of aliphatic hydroxyl groups is 1. The molecule has 2 aromatic carbocycles. The lowest BCUT2D eigenvalue weighted by atomic mass is 10.0. The summed E-state index contributed by atoms with van der Waals surface area (Å²) in [6, 6.07) is 18.1. The minimum Gasteiger partial charge on any atom is -0.494 e. The first kappa shape index (κ1) is 20.8. The molecule has 0 radical (unpaired) electrons. The molecule has 146 valence electrons. The summed E-state index contributed by atoms with van der Waals surface area (Å²) in [6.45, 7) is 6.86. The van der Waals surface area contributed by atoms with Crippen LogP contribution in [-0.2, 0) is 6.42 Å². The summed E-state index contributed by atoms with van der Waals surface area (Å²) < 4.78 is 5.68. The fourth-order valence-corrected chi connectivity index (χ4v) is 2.86. The summed E-state index contributed by atoms with van der Waals surface area (Å²) in [6.07, 6.45) is 0.850. The van der Waals surface area contributed by atoms with E-state index in [2.05, 4.69) is 21.7 Å². The van der Waals surface area contributed by atoms with Crippen LogP contribution < -0.4 is 15.4 Å². The molecule has 0 spiro atoms. The summed E-state index contributed by atoms with van der Waals surface area (Å²) in [7, 11) is 0. The van der Waals surface area contributed by atoms with Crippen LogP contribution in [0.15, 0.2) is 59.6 Å². The van der Waals surface area contributed by atoms with Crippen molar-refractivity contribution in [3.8, 4) is 5.75 Å². The fourth-order valence-electron chi connectivity index (χ4n) is 2.86. The van der Waals surface area contributed by atoms with Gasteiger partial charge >= 0.3 is 0 Å². The number of aliphatic imine (C=N–C) groups is 1. The van der Waals surface area contributed by atoms with Crippen molar-refractivity contribution in [1.29, 1.82) is 0 Å². The highest BCUT2D eigenvalue weighted by Gasteiger charge is 2.10. The third-order valence-electron chi connectivity index (χ3n) is 4.26. The standard InChI is InChI=1S/C22H31N3O2/c1-3-23-22(25-16-20(17-26)18-10-6-5-7-11-18)24-15-14-19-12-8-9-13-21(19)27-4-2/h5-13,20,26H,3-4,14-17H2,1-2H3,(H2,23,24,25). The number of ether oxygens (including phenoxy) is 1. The SMILES string of the molecule is CCNC(=NCC(CO)c1ccccc1)NCCc1ccccc1OCC. The van der Waals surface area contributed by atoms with E-state index in [1.165, 1.54) is 5.56 Å². The molecule has 5 nitrogen and oxygen atoms in total. The van der Waals surface area contributed by atoms with E-state index in [1.807, 2.05) is 62.4 Å². The van der Waals surface area contributed by atoms with Gasteiger partial charge in [0.05, 0.1) is 19.8 Å². The van der Waals surface area contributed by atoms with E-state index < -0.39 is 0 Å². The maximum Gasteiger partial charge on any atom is 0.191 e. The smallest absolute Gasteiger partial charge is 0.191 e. The molecule has 0 bridgehead atoms. The molecule has 1 atom stereocenters. The minimum absolute atomic E-state index is 0.000311. The summed E-state index contributed by atoms with van der Waals surface area (Å²) in [5.41, 5.74) is 2.28. The lowest BCUT2D eigenvalue weighted by Gasteiger charge is -2.16. The van der Waals surface area contributed by atoms with Gasteiger partial charge in [0.2, 0.25) is 0 Å². The molecule has 27 heavy (non-hydrogen) atoms. The fraction of sp³-hybridized carbons (Fsp3) is 0.409. The van der Waals surface area contributed by atoms with Crippen LogP contribution >= 0.6 is 0 Å². The van der Waals surface area contributed by atoms with Crippen molar-refractivity contribution in [2.24, 2.45) is 4.99 Å². The van der Waals surface area contributed by atoms with Gasteiger partial charge < -0.3 is 20.5 Å². The number of guanidine groups is 1. The van der Waals surface area contributed by atoms with E-state index >= 15 is 0 Å². The van der Waals surface area contributed by atoms with E-state index in [9.17, 15) is 5.11 Å². The largest absolute Gasteiger partial charge is 0.494 e. The summed E-state index contributed by atoms with van der Waals surface area (Å²) in [4.78, 5) is 4.65. The summed E-state index contributed by atoms with van der Waals surface area (Å²) in [5, 5.41) is 16.3. The Kier molecular flexibility index (Phi) is 9.21. The van der Waals surface area contributed by atoms with Crippen LogP contribution in [0.5, 0.6) is 5.75 Å². The number of nitrogens with zero attached hydrogens (tertiary/aromatic N) is 1. The van der Waals surface area contributed by atoms with Crippen LogP contribution in [0.2, 0.25) is 0 Å². The molecule has 5 heteroatoms. The van der Waals surface area contributed by atoms with Crippen molar-refractivity contribution in [2.75, 3.05) is 32.8 Å². The van der Waals surface area contributed by atoms with Crippen molar-refractivity contribution in [2.45, 2.75) is 26.2 Å². The van der Waals surface area contributed by atoms with Crippen LogP contribution in [-0.4, -0.2) is 43.9 Å². The molecule has 2 aromatic rings. The molecule has 0 fully saturated rings. The lowest BCUT2D eigenvalue weighted by Crippen LogP contribution is -2.38. The molecular formula is C22H31N3O2. The van der Waals surface area contributed by atoms with Gasteiger partial charge in [0.15, 0.2) is 5.96 Å². The highest BCUT2D eigenvalue weighted by molar-refractivity contribution is 5.79. The predicted molar refractivity (Wildman–Crippen MR) is 112 cm³/mol. The van der Waals surface area contributed by atoms with Gasteiger partial charge in [0.25, 0.3) is 0 Å². The molecule has 3 N–H and O–H groups in total. The van der Waals surface area contributed by atoms with Gasteiger partial charge in [0, 0.05) is 19.0 Å². The molecule has 1 unspecified atom stereocenters. The van der Waals surface area contributed by atoms with Crippen molar-refractivity contribution >= 4 is 5.96 Å². The van der Waals surface area contributed by atoms with Crippen LogP contribution in [0, 0.1) is 0 Å². The normalized spacial score (nSPS) is 12.5. The molecule has 0 amide bonds. The van der Waals surface area contributed by atoms with Gasteiger partial charge in [0.1, 0.15) is 5.75 Å². The maximum atomic E-state index is 9.70. The zero-order chi connectivity index (χ0) is 19.3. The molecule has 0 saturated heterocycles. The Morgan fingerprint density at radius 3 is 2.48 bits per heavy atom. The van der Waals surface area contributed by atoms with Crippen molar-refractivity contribution in [3.63, 3.8) is 0 Å². The van der Waals surface area contributed by atoms with E-state index in [1.54, 1.807) is 0 Å². The number of para-hydroxylation sites is 1. The lowest BCUT2D eigenvalue weighted by molar-refractivity contribution is 0.268. The third-order valence-corrected chi connectivity index (χ3v) is 4.26. The number of aliphatic hydroxyl groups excluding tert-OH is 1. The molecule has 0 aromatic heterocycles. The molecule has 0 saturated carbocycles. The topological polar surface area (TPSA) is 65.9 Å². The first-order valence-corrected chi connectivity index (χ1v) is 9.67. The number of benzene rings is 2. The zero-order valence-electron chi connectivity index (χ0n) is 16.3. The van der Waals surface area contributed by atoms with Gasteiger partial charge in [-0.25, -0.2) is 0 Å². The second-order valence-corrected chi connectivity index (χ2v) is 6.23. The average molecular weight is 370 g/mol. The number of hydrogen-bond donors (Lipinski definition) is 3. The maximum absolute atomic E-state index is 9.70. The van der Waals surface area contributed by atoms with E-state index in [0.717, 1.165) is 36.8 Å². The first-order chi connectivity index (χ1) is 13.3. The Bertz CT molecular complexity index is 689. The Morgan fingerprint density at radius 2 is 1.78 bits per heavy atom. The molecule has 0 aliphatic carbocycles. The molecule has 0 aliphatic heterocycles. The molecule has 0 heterocycles. The Balaban J connectivity index is 1.93. The molecular weight excluding hydrogens is 338 g/mol. The van der Waals surface area contributed by atoms with Crippen LogP contribution in [0.4, 0.5) is 0 Å². The highest BCUT2D eigenvalue weighted by atomic mass is 16.5. The minimum atomic E-state index is 0.000311. The van der Waals surface area contributed by atoms with Gasteiger partial charge in [-0.3, -0.25) is 4.99 Å². The van der Waals surface area contributed by atoms with Crippen molar-refractivity contribution in [3.05, 3.63) is 65.7 Å². The monoisotopic (exact) mass is 369 g/mol. The van der Waals surface area contributed by atoms with Gasteiger partial charge in [-0.15, -0.1) is 0 Å². The number of rotatable bonds is 10. The van der Waals surface area contributed by atoms with E-state index in [-0.39, 0.29) is 12.5 Å². The predicted octanol–water partition coefficient (Wildman–Crippen LogP) is 2.96. The quantitative estimate of drug-likeness (QED) is 0.445. The Morgan fingerprint density at radius 1 is 1.04 bits per heavy atom. The van der Waals surface area contributed by atoms with E-state index in [4.69, 9.17) is 4.74 Å². The average Bonchev–Trinajstić information content (AvgIpc) is 2.70. The van der Waals surface area contributed by atoms with Crippen LogP contribution in [0.25, 0.3) is 0 Å². The first-order valence-electron chi connectivity index (χ1n) is 9.67. The summed E-state index contributed by atoms with van der Waals surface area (Å²) >= 11 is 0. The van der Waals surface area contributed by atoms with Crippen LogP contribution in [0.3, 0.4) is 0 Å². The van der Waals surface area contributed by atoms with Gasteiger partial charge in [-0.05, 0) is 37.5 Å². The molecule has 0 aliphatic rings.